The molecule has 7 nitrogen and oxygen atoms in total. The molecule has 2 saturated heterocycles. The third kappa shape index (κ3) is 4.82. The van der Waals surface area contributed by atoms with Crippen LogP contribution in [0.2, 0.25) is 0 Å². The highest BCUT2D eigenvalue weighted by molar-refractivity contribution is 5.90. The molecule has 152 valence electrons. The minimum absolute atomic E-state index is 0.0324. The summed E-state index contributed by atoms with van der Waals surface area (Å²) >= 11 is 0. The largest absolute Gasteiger partial charge is 0.464 e. The number of amides is 3. The van der Waals surface area contributed by atoms with Gasteiger partial charge in [-0.05, 0) is 51.2 Å². The minimum Gasteiger partial charge on any atom is -0.464 e. The Kier molecular flexibility index (Phi) is 6.90. The Bertz CT molecular complexity index is 694. The number of esters is 1. The topological polar surface area (TPSA) is 79.0 Å². The summed E-state index contributed by atoms with van der Waals surface area (Å²) in [4.78, 5) is 41.4. The van der Waals surface area contributed by atoms with Gasteiger partial charge in [-0.15, -0.1) is 0 Å². The van der Waals surface area contributed by atoms with Crippen LogP contribution in [0.5, 0.6) is 0 Å². The Morgan fingerprint density at radius 2 is 1.86 bits per heavy atom. The molecule has 0 saturated carbocycles. The summed E-state index contributed by atoms with van der Waals surface area (Å²) in [7, 11) is 0. The third-order valence-corrected chi connectivity index (χ3v) is 5.43. The molecule has 1 aromatic rings. The third-order valence-electron chi connectivity index (χ3n) is 5.43. The van der Waals surface area contributed by atoms with Crippen LogP contribution in [0.3, 0.4) is 0 Å². The molecule has 2 heterocycles. The van der Waals surface area contributed by atoms with E-state index in [0.29, 0.717) is 32.7 Å². The predicted octanol–water partition coefficient (Wildman–Crippen LogP) is 2.87. The van der Waals surface area contributed by atoms with Gasteiger partial charge in [-0.25, -0.2) is 9.59 Å². The van der Waals surface area contributed by atoms with Gasteiger partial charge in [-0.2, -0.15) is 0 Å². The standard InChI is InChI=1S/C21H29N3O4/c1-2-28-20(26)18-12-6-7-14-24(18)19(25)16-9-8-13-23(15-16)21(27)22-17-10-4-3-5-11-17/h3-5,10-11,16,18H,2,6-9,12-15H2,1H3,(H,22,27). The average Bonchev–Trinajstić information content (AvgIpc) is 2.74. The number of piperidine rings is 2. The Balaban J connectivity index is 1.63. The molecular weight excluding hydrogens is 358 g/mol. The van der Waals surface area contributed by atoms with Crippen molar-refractivity contribution in [2.75, 3.05) is 31.6 Å². The molecule has 0 aromatic heterocycles. The number of anilines is 1. The first-order valence-corrected chi connectivity index (χ1v) is 10.2. The van der Waals surface area contributed by atoms with E-state index in [1.54, 1.807) is 16.7 Å². The summed E-state index contributed by atoms with van der Waals surface area (Å²) in [6.07, 6.45) is 3.97. The van der Waals surface area contributed by atoms with Crippen molar-refractivity contribution < 1.29 is 19.1 Å². The van der Waals surface area contributed by atoms with Crippen LogP contribution >= 0.6 is 0 Å². The number of urea groups is 1. The van der Waals surface area contributed by atoms with E-state index in [9.17, 15) is 14.4 Å². The van der Waals surface area contributed by atoms with E-state index >= 15 is 0 Å². The first-order chi connectivity index (χ1) is 13.6. The number of rotatable bonds is 4. The van der Waals surface area contributed by atoms with Crippen LogP contribution in [0.1, 0.15) is 39.0 Å². The van der Waals surface area contributed by atoms with E-state index in [2.05, 4.69) is 5.32 Å². The fourth-order valence-electron chi connectivity index (χ4n) is 4.00. The van der Waals surface area contributed by atoms with E-state index < -0.39 is 6.04 Å². The molecule has 2 unspecified atom stereocenters. The number of hydrogen-bond donors (Lipinski definition) is 1. The van der Waals surface area contributed by atoms with Crippen LogP contribution in [-0.4, -0.2) is 60.0 Å². The number of nitrogens with one attached hydrogen (secondary N) is 1. The summed E-state index contributed by atoms with van der Waals surface area (Å²) in [5.41, 5.74) is 0.736. The molecule has 2 fully saturated rings. The summed E-state index contributed by atoms with van der Waals surface area (Å²) < 4.78 is 5.17. The quantitative estimate of drug-likeness (QED) is 0.806. The lowest BCUT2D eigenvalue weighted by molar-refractivity contribution is -0.158. The van der Waals surface area contributed by atoms with E-state index in [1.807, 2.05) is 30.3 Å². The lowest BCUT2D eigenvalue weighted by atomic mass is 9.93. The molecule has 3 rings (SSSR count). The Hall–Kier alpha value is -2.57. The number of hydrogen-bond acceptors (Lipinski definition) is 4. The van der Waals surface area contributed by atoms with Crippen LogP contribution in [-0.2, 0) is 14.3 Å². The van der Waals surface area contributed by atoms with Gasteiger partial charge < -0.3 is 19.9 Å². The highest BCUT2D eigenvalue weighted by Crippen LogP contribution is 2.25. The van der Waals surface area contributed by atoms with Crippen molar-refractivity contribution >= 4 is 23.6 Å². The van der Waals surface area contributed by atoms with E-state index in [1.165, 1.54) is 0 Å². The predicted molar refractivity (Wildman–Crippen MR) is 106 cm³/mol. The number of benzene rings is 1. The normalized spacial score (nSPS) is 22.5. The Morgan fingerprint density at radius 3 is 2.61 bits per heavy atom. The summed E-state index contributed by atoms with van der Waals surface area (Å²) in [6, 6.07) is 8.61. The van der Waals surface area contributed by atoms with Gasteiger partial charge in [0.1, 0.15) is 6.04 Å². The van der Waals surface area contributed by atoms with Crippen molar-refractivity contribution in [3.63, 3.8) is 0 Å². The lowest BCUT2D eigenvalue weighted by Crippen LogP contribution is -2.54. The maximum Gasteiger partial charge on any atom is 0.328 e. The van der Waals surface area contributed by atoms with Crippen molar-refractivity contribution in [2.24, 2.45) is 5.92 Å². The first kappa shape index (κ1) is 20.2. The monoisotopic (exact) mass is 387 g/mol. The number of para-hydroxylation sites is 1. The van der Waals surface area contributed by atoms with Crippen LogP contribution in [0.25, 0.3) is 0 Å². The van der Waals surface area contributed by atoms with Crippen molar-refractivity contribution in [3.8, 4) is 0 Å². The van der Waals surface area contributed by atoms with Gasteiger partial charge in [0, 0.05) is 25.3 Å². The second-order valence-electron chi connectivity index (χ2n) is 7.38. The van der Waals surface area contributed by atoms with Crippen molar-refractivity contribution in [1.82, 2.24) is 9.80 Å². The van der Waals surface area contributed by atoms with Gasteiger partial charge in [0.05, 0.1) is 12.5 Å². The van der Waals surface area contributed by atoms with Gasteiger partial charge in [-0.1, -0.05) is 18.2 Å². The second-order valence-corrected chi connectivity index (χ2v) is 7.38. The maximum atomic E-state index is 13.2. The van der Waals surface area contributed by atoms with E-state index in [4.69, 9.17) is 4.74 Å². The summed E-state index contributed by atoms with van der Waals surface area (Å²) in [5, 5.41) is 2.88. The van der Waals surface area contributed by atoms with E-state index in [0.717, 1.165) is 31.4 Å². The molecule has 1 N–H and O–H groups in total. The summed E-state index contributed by atoms with van der Waals surface area (Å²) in [6.45, 7) is 3.67. The SMILES string of the molecule is CCOC(=O)C1CCCCN1C(=O)C1CCCN(C(=O)Nc2ccccc2)C1. The van der Waals surface area contributed by atoms with Gasteiger partial charge in [0.2, 0.25) is 5.91 Å². The molecule has 2 aliphatic rings. The smallest absolute Gasteiger partial charge is 0.328 e. The molecule has 1 aromatic carbocycles. The van der Waals surface area contributed by atoms with E-state index in [-0.39, 0.29) is 23.8 Å². The molecule has 0 spiro atoms. The number of carbonyl (C=O) groups is 3. The minimum atomic E-state index is -0.491. The molecule has 3 amide bonds. The molecule has 7 heteroatoms. The highest BCUT2D eigenvalue weighted by Gasteiger charge is 2.38. The fourth-order valence-corrected chi connectivity index (χ4v) is 4.00. The van der Waals surface area contributed by atoms with Crippen LogP contribution < -0.4 is 5.32 Å². The molecule has 2 aliphatic heterocycles. The molecule has 28 heavy (non-hydrogen) atoms. The van der Waals surface area contributed by atoms with Crippen LogP contribution in [0.15, 0.2) is 30.3 Å². The molecule has 0 aliphatic carbocycles. The van der Waals surface area contributed by atoms with Gasteiger partial charge in [0.15, 0.2) is 0 Å². The second kappa shape index (κ2) is 9.57. The number of likely N-dealkylation sites (tertiary alicyclic amines) is 2. The molecule has 0 bridgehead atoms. The lowest BCUT2D eigenvalue weighted by Gasteiger charge is -2.39. The number of nitrogens with zero attached hydrogens (tertiary/aromatic N) is 2. The zero-order chi connectivity index (χ0) is 19.9. The zero-order valence-electron chi connectivity index (χ0n) is 16.4. The summed E-state index contributed by atoms with van der Waals surface area (Å²) in [5.74, 6) is -0.620. The Labute approximate surface area is 166 Å². The van der Waals surface area contributed by atoms with Crippen molar-refractivity contribution in [3.05, 3.63) is 30.3 Å². The van der Waals surface area contributed by atoms with Gasteiger partial charge in [-0.3, -0.25) is 4.79 Å². The maximum absolute atomic E-state index is 13.2. The highest BCUT2D eigenvalue weighted by atomic mass is 16.5. The fraction of sp³-hybridized carbons (Fsp3) is 0.571. The van der Waals surface area contributed by atoms with Crippen LogP contribution in [0.4, 0.5) is 10.5 Å². The van der Waals surface area contributed by atoms with Crippen LogP contribution in [0, 0.1) is 5.92 Å². The molecule has 2 atom stereocenters. The van der Waals surface area contributed by atoms with Gasteiger partial charge in [0.25, 0.3) is 0 Å². The Morgan fingerprint density at radius 1 is 1.07 bits per heavy atom. The molecular formula is C21H29N3O4. The average molecular weight is 387 g/mol. The number of ether oxygens (including phenoxy) is 1. The number of carbonyl (C=O) groups excluding carboxylic acids is 3. The zero-order valence-corrected chi connectivity index (χ0v) is 16.4. The molecule has 0 radical (unpaired) electrons. The van der Waals surface area contributed by atoms with Crippen molar-refractivity contribution in [1.29, 1.82) is 0 Å². The van der Waals surface area contributed by atoms with Crippen molar-refractivity contribution in [2.45, 2.75) is 45.1 Å². The van der Waals surface area contributed by atoms with Gasteiger partial charge >= 0.3 is 12.0 Å². The first-order valence-electron chi connectivity index (χ1n) is 10.2.